The van der Waals surface area contributed by atoms with Gasteiger partial charge >= 0.3 is 0 Å². The number of nitrogens with two attached hydrogens (primary N) is 1. The molecular weight excluding hydrogens is 246 g/mol. The summed E-state index contributed by atoms with van der Waals surface area (Å²) in [6.07, 6.45) is 4.41. The molecule has 20 heavy (non-hydrogen) atoms. The van der Waals surface area contributed by atoms with Crippen molar-refractivity contribution in [3.63, 3.8) is 0 Å². The van der Waals surface area contributed by atoms with Gasteiger partial charge in [-0.3, -0.25) is 0 Å². The summed E-state index contributed by atoms with van der Waals surface area (Å²) < 4.78 is 2.20. The minimum absolute atomic E-state index is 0.0911. The average molecular weight is 271 g/mol. The van der Waals surface area contributed by atoms with Crippen molar-refractivity contribution < 1.29 is 0 Å². The van der Waals surface area contributed by atoms with Crippen molar-refractivity contribution in [3.8, 4) is 0 Å². The molecule has 0 saturated heterocycles. The van der Waals surface area contributed by atoms with Crippen LogP contribution in [0.4, 0.5) is 0 Å². The Hall–Kier alpha value is -1.35. The fourth-order valence-corrected chi connectivity index (χ4v) is 4.14. The zero-order valence-corrected chi connectivity index (χ0v) is 12.8. The van der Waals surface area contributed by atoms with E-state index < -0.39 is 0 Å². The lowest BCUT2D eigenvalue weighted by Crippen LogP contribution is -2.48. The summed E-state index contributed by atoms with van der Waals surface area (Å²) in [6, 6.07) is 8.31. The van der Waals surface area contributed by atoms with Crippen LogP contribution in [-0.2, 0) is 13.5 Å². The van der Waals surface area contributed by atoms with Crippen LogP contribution in [0.2, 0.25) is 0 Å². The van der Waals surface area contributed by atoms with Crippen LogP contribution >= 0.6 is 0 Å². The van der Waals surface area contributed by atoms with E-state index in [1.807, 2.05) is 6.07 Å². The number of benzene rings is 1. The second-order valence-electron chi connectivity index (χ2n) is 6.97. The van der Waals surface area contributed by atoms with Crippen LogP contribution in [0.3, 0.4) is 0 Å². The topological polar surface area (TPSA) is 43.8 Å². The van der Waals surface area contributed by atoms with E-state index in [1.165, 1.54) is 11.9 Å². The van der Waals surface area contributed by atoms with Gasteiger partial charge in [0.2, 0.25) is 0 Å². The second-order valence-corrected chi connectivity index (χ2v) is 6.97. The highest BCUT2D eigenvalue weighted by molar-refractivity contribution is 5.75. The molecule has 1 aromatic carbocycles. The largest absolute Gasteiger partial charge is 0.331 e. The quantitative estimate of drug-likeness (QED) is 0.911. The van der Waals surface area contributed by atoms with Gasteiger partial charge in [-0.05, 0) is 43.2 Å². The van der Waals surface area contributed by atoms with Crippen molar-refractivity contribution >= 4 is 11.0 Å². The first-order valence-corrected chi connectivity index (χ1v) is 7.66. The molecule has 2 N–H and O–H groups in total. The Bertz CT molecular complexity index is 604. The minimum Gasteiger partial charge on any atom is -0.331 e. The SMILES string of the molecule is CC1CC(C)CC(N)(Cc2nc3ccccc3n2C)C1. The van der Waals surface area contributed by atoms with E-state index >= 15 is 0 Å². The summed E-state index contributed by atoms with van der Waals surface area (Å²) in [5.41, 5.74) is 8.89. The third-order valence-corrected chi connectivity index (χ3v) is 4.70. The molecule has 0 bridgehead atoms. The van der Waals surface area contributed by atoms with Gasteiger partial charge in [-0.15, -0.1) is 0 Å². The van der Waals surface area contributed by atoms with E-state index in [0.717, 1.165) is 42.4 Å². The van der Waals surface area contributed by atoms with Gasteiger partial charge in [0.25, 0.3) is 0 Å². The second kappa shape index (κ2) is 4.88. The summed E-state index contributed by atoms with van der Waals surface area (Å²) in [6.45, 7) is 4.65. The van der Waals surface area contributed by atoms with E-state index in [9.17, 15) is 0 Å². The Kier molecular flexibility index (Phi) is 3.33. The first kappa shape index (κ1) is 13.6. The van der Waals surface area contributed by atoms with E-state index in [-0.39, 0.29) is 5.54 Å². The van der Waals surface area contributed by atoms with Gasteiger partial charge in [0.1, 0.15) is 5.82 Å². The molecule has 2 aromatic rings. The lowest BCUT2D eigenvalue weighted by Gasteiger charge is -2.40. The summed E-state index contributed by atoms with van der Waals surface area (Å²) >= 11 is 0. The predicted molar refractivity (Wildman–Crippen MR) is 83.5 cm³/mol. The van der Waals surface area contributed by atoms with Gasteiger partial charge in [-0.1, -0.05) is 26.0 Å². The van der Waals surface area contributed by atoms with Crippen molar-refractivity contribution in [1.82, 2.24) is 9.55 Å². The third kappa shape index (κ3) is 2.47. The first-order chi connectivity index (χ1) is 9.47. The molecule has 1 heterocycles. The number of aromatic nitrogens is 2. The molecule has 1 fully saturated rings. The number of fused-ring (bicyclic) bond motifs is 1. The van der Waals surface area contributed by atoms with Gasteiger partial charge in [0.05, 0.1) is 11.0 Å². The van der Waals surface area contributed by atoms with Crippen molar-refractivity contribution in [2.24, 2.45) is 24.6 Å². The molecule has 3 rings (SSSR count). The molecule has 1 aliphatic carbocycles. The zero-order chi connectivity index (χ0) is 14.3. The molecule has 1 saturated carbocycles. The van der Waals surface area contributed by atoms with Crippen LogP contribution in [0.1, 0.15) is 38.9 Å². The Morgan fingerprint density at radius 2 is 1.90 bits per heavy atom. The molecule has 0 aliphatic heterocycles. The lowest BCUT2D eigenvalue weighted by atomic mass is 9.70. The maximum Gasteiger partial charge on any atom is 0.111 e. The monoisotopic (exact) mass is 271 g/mol. The van der Waals surface area contributed by atoms with Crippen LogP contribution in [-0.4, -0.2) is 15.1 Å². The average Bonchev–Trinajstić information content (AvgIpc) is 2.64. The van der Waals surface area contributed by atoms with E-state index in [4.69, 9.17) is 10.7 Å². The van der Waals surface area contributed by atoms with Gasteiger partial charge in [-0.2, -0.15) is 0 Å². The highest BCUT2D eigenvalue weighted by Crippen LogP contribution is 2.36. The Balaban J connectivity index is 1.90. The summed E-state index contributed by atoms with van der Waals surface area (Å²) in [5.74, 6) is 2.56. The minimum atomic E-state index is -0.0911. The first-order valence-electron chi connectivity index (χ1n) is 7.66. The van der Waals surface area contributed by atoms with Crippen LogP contribution < -0.4 is 5.73 Å². The number of rotatable bonds is 2. The van der Waals surface area contributed by atoms with Crippen LogP contribution in [0.15, 0.2) is 24.3 Å². The number of imidazole rings is 1. The number of aryl methyl sites for hydroxylation is 1. The lowest BCUT2D eigenvalue weighted by molar-refractivity contribution is 0.179. The third-order valence-electron chi connectivity index (χ3n) is 4.70. The number of hydrogen-bond acceptors (Lipinski definition) is 2. The highest BCUT2D eigenvalue weighted by atomic mass is 15.1. The van der Waals surface area contributed by atoms with Crippen molar-refractivity contribution in [3.05, 3.63) is 30.1 Å². The Morgan fingerprint density at radius 1 is 1.25 bits per heavy atom. The molecule has 2 unspecified atom stereocenters. The van der Waals surface area contributed by atoms with Crippen molar-refractivity contribution in [2.75, 3.05) is 0 Å². The van der Waals surface area contributed by atoms with Gasteiger partial charge in [0.15, 0.2) is 0 Å². The van der Waals surface area contributed by atoms with E-state index in [0.29, 0.717) is 0 Å². The highest BCUT2D eigenvalue weighted by Gasteiger charge is 2.35. The fraction of sp³-hybridized carbons (Fsp3) is 0.588. The molecule has 0 amide bonds. The smallest absolute Gasteiger partial charge is 0.111 e. The summed E-state index contributed by atoms with van der Waals surface area (Å²) in [7, 11) is 2.10. The van der Waals surface area contributed by atoms with Gasteiger partial charge in [-0.25, -0.2) is 4.98 Å². The molecule has 0 radical (unpaired) electrons. The Labute approximate surface area is 121 Å². The molecular formula is C17H25N3. The number of nitrogens with zero attached hydrogens (tertiary/aromatic N) is 2. The maximum atomic E-state index is 6.71. The van der Waals surface area contributed by atoms with E-state index in [2.05, 4.69) is 43.7 Å². The summed E-state index contributed by atoms with van der Waals surface area (Å²) in [4.78, 5) is 4.78. The fourth-order valence-electron chi connectivity index (χ4n) is 4.14. The molecule has 1 aromatic heterocycles. The van der Waals surface area contributed by atoms with E-state index in [1.54, 1.807) is 0 Å². The number of para-hydroxylation sites is 2. The molecule has 3 heteroatoms. The van der Waals surface area contributed by atoms with Crippen LogP contribution in [0.25, 0.3) is 11.0 Å². The van der Waals surface area contributed by atoms with Crippen LogP contribution in [0.5, 0.6) is 0 Å². The molecule has 0 spiro atoms. The maximum absolute atomic E-state index is 6.71. The normalized spacial score (nSPS) is 30.8. The molecule has 3 nitrogen and oxygen atoms in total. The van der Waals surface area contributed by atoms with Crippen molar-refractivity contribution in [1.29, 1.82) is 0 Å². The molecule has 2 atom stereocenters. The molecule has 108 valence electrons. The standard InChI is InChI=1S/C17H25N3/c1-12-8-13(2)10-17(18,9-12)11-16-19-14-6-4-5-7-15(14)20(16)3/h4-7,12-13H,8-11,18H2,1-3H3. The van der Waals surface area contributed by atoms with Gasteiger partial charge < -0.3 is 10.3 Å². The predicted octanol–water partition coefficient (Wildman–Crippen LogP) is 3.27. The van der Waals surface area contributed by atoms with Crippen molar-refractivity contribution in [2.45, 2.75) is 45.1 Å². The summed E-state index contributed by atoms with van der Waals surface area (Å²) in [5, 5.41) is 0. The zero-order valence-electron chi connectivity index (χ0n) is 12.8. The molecule has 1 aliphatic rings. The Morgan fingerprint density at radius 3 is 2.55 bits per heavy atom. The number of hydrogen-bond donors (Lipinski definition) is 1. The van der Waals surface area contributed by atoms with Crippen LogP contribution in [0, 0.1) is 11.8 Å². The van der Waals surface area contributed by atoms with Gasteiger partial charge in [0, 0.05) is 19.0 Å².